The van der Waals surface area contributed by atoms with E-state index in [4.69, 9.17) is 11.6 Å². The van der Waals surface area contributed by atoms with E-state index in [-0.39, 0.29) is 15.1 Å². The third kappa shape index (κ3) is 3.89. The summed E-state index contributed by atoms with van der Waals surface area (Å²) in [5.41, 5.74) is -1.68. The van der Waals surface area contributed by atoms with Crippen LogP contribution < -0.4 is 4.72 Å². The normalized spacial score (nSPS) is 12.7. The Balaban J connectivity index is 2.99. The maximum Gasteiger partial charge on any atom is 0.300 e. The van der Waals surface area contributed by atoms with Crippen LogP contribution in [0.1, 0.15) is 13.8 Å². The minimum Gasteiger partial charge on any atom is -0.389 e. The van der Waals surface area contributed by atoms with E-state index in [9.17, 15) is 23.6 Å². The molecule has 0 bridgehead atoms. The van der Waals surface area contributed by atoms with Crippen LogP contribution in [0.25, 0.3) is 0 Å². The summed E-state index contributed by atoms with van der Waals surface area (Å²) in [6.45, 7) is 2.65. The first-order valence-electron chi connectivity index (χ1n) is 4.69. The molecule has 0 aliphatic rings. The van der Waals surface area contributed by atoms with Crippen molar-refractivity contribution in [3.05, 3.63) is 20.5 Å². The summed E-state index contributed by atoms with van der Waals surface area (Å²) in [6.07, 6.45) is 0. The van der Waals surface area contributed by atoms with Crippen molar-refractivity contribution in [2.45, 2.75) is 23.7 Å². The lowest BCUT2D eigenvalue weighted by Crippen LogP contribution is -2.37. The molecule has 0 unspecified atom stereocenters. The molecule has 0 atom stereocenters. The number of rotatable bonds is 5. The number of sulfonamides is 1. The van der Waals surface area contributed by atoms with Gasteiger partial charge >= 0.3 is 0 Å². The van der Waals surface area contributed by atoms with E-state index in [1.54, 1.807) is 0 Å². The summed E-state index contributed by atoms with van der Waals surface area (Å²) in [5.74, 6) is 0. The topological polar surface area (TPSA) is 110 Å². The second-order valence-electron chi connectivity index (χ2n) is 4.12. The minimum atomic E-state index is -3.91. The van der Waals surface area contributed by atoms with Crippen molar-refractivity contribution in [3.8, 4) is 0 Å². The van der Waals surface area contributed by atoms with Gasteiger partial charge in [-0.05, 0) is 13.8 Å². The highest BCUT2D eigenvalue weighted by atomic mass is 35.5. The van der Waals surface area contributed by atoms with Gasteiger partial charge in [0.25, 0.3) is 5.69 Å². The largest absolute Gasteiger partial charge is 0.389 e. The predicted molar refractivity (Wildman–Crippen MR) is 67.5 cm³/mol. The zero-order chi connectivity index (χ0) is 14.1. The van der Waals surface area contributed by atoms with Gasteiger partial charge in [0.1, 0.15) is 4.21 Å². The fraction of sp³-hybridized carbons (Fsp3) is 0.500. The van der Waals surface area contributed by atoms with Gasteiger partial charge in [0.15, 0.2) is 4.34 Å². The van der Waals surface area contributed by atoms with Crippen LogP contribution in [0.15, 0.2) is 10.3 Å². The zero-order valence-electron chi connectivity index (χ0n) is 9.51. The Labute approximate surface area is 113 Å². The van der Waals surface area contributed by atoms with Crippen LogP contribution in [0.5, 0.6) is 0 Å². The molecule has 0 saturated carbocycles. The number of nitrogens with one attached hydrogen (secondary N) is 1. The van der Waals surface area contributed by atoms with Gasteiger partial charge in [-0.25, -0.2) is 13.1 Å². The van der Waals surface area contributed by atoms with Gasteiger partial charge in [0.05, 0.1) is 10.5 Å². The molecular formula is C8H11ClN2O5S2. The molecule has 0 amide bonds. The Kier molecular flexibility index (Phi) is 4.34. The first-order chi connectivity index (χ1) is 8.03. The molecule has 10 heteroatoms. The van der Waals surface area contributed by atoms with Crippen LogP contribution in [-0.4, -0.2) is 30.6 Å². The fourth-order valence-electron chi connectivity index (χ4n) is 0.938. The number of nitrogens with zero attached hydrogens (tertiary/aromatic N) is 1. The molecule has 1 rings (SSSR count). The lowest BCUT2D eigenvalue weighted by molar-refractivity contribution is -0.384. The minimum absolute atomic E-state index is 0.205. The van der Waals surface area contributed by atoms with Gasteiger partial charge in [-0.3, -0.25) is 10.1 Å². The van der Waals surface area contributed by atoms with Crippen LogP contribution in [0.4, 0.5) is 5.69 Å². The number of nitro groups is 1. The monoisotopic (exact) mass is 314 g/mol. The lowest BCUT2D eigenvalue weighted by atomic mass is 10.1. The quantitative estimate of drug-likeness (QED) is 0.630. The highest BCUT2D eigenvalue weighted by Crippen LogP contribution is 2.36. The highest BCUT2D eigenvalue weighted by Gasteiger charge is 2.26. The van der Waals surface area contributed by atoms with Crippen molar-refractivity contribution >= 4 is 38.6 Å². The van der Waals surface area contributed by atoms with Crippen LogP contribution in [0.2, 0.25) is 4.34 Å². The Morgan fingerprint density at radius 2 is 2.17 bits per heavy atom. The second-order valence-corrected chi connectivity index (χ2v) is 7.77. The third-order valence-corrected chi connectivity index (χ3v) is 5.02. The van der Waals surface area contributed by atoms with Gasteiger partial charge in [0.2, 0.25) is 10.0 Å². The number of thiophene rings is 1. The van der Waals surface area contributed by atoms with Crippen LogP contribution in [0.3, 0.4) is 0 Å². The van der Waals surface area contributed by atoms with Crippen molar-refractivity contribution in [2.75, 3.05) is 6.54 Å². The van der Waals surface area contributed by atoms with Gasteiger partial charge in [0, 0.05) is 12.6 Å². The van der Waals surface area contributed by atoms with Gasteiger partial charge in [-0.15, -0.1) is 11.3 Å². The molecule has 0 aromatic carbocycles. The Morgan fingerprint density at radius 3 is 2.56 bits per heavy atom. The molecule has 1 aromatic rings. The molecule has 0 aliphatic carbocycles. The van der Waals surface area contributed by atoms with Crippen molar-refractivity contribution in [2.24, 2.45) is 0 Å². The molecule has 0 aliphatic heterocycles. The predicted octanol–water partition coefficient (Wildman–Crippen LogP) is 1.36. The van der Waals surface area contributed by atoms with Crippen LogP contribution >= 0.6 is 22.9 Å². The van der Waals surface area contributed by atoms with E-state index < -0.39 is 26.2 Å². The fourth-order valence-corrected chi connectivity index (χ4v) is 3.85. The summed E-state index contributed by atoms with van der Waals surface area (Å²) in [7, 11) is -3.91. The van der Waals surface area contributed by atoms with E-state index in [2.05, 4.69) is 4.72 Å². The molecule has 1 heterocycles. The number of hydrogen-bond acceptors (Lipinski definition) is 6. The molecule has 18 heavy (non-hydrogen) atoms. The molecule has 102 valence electrons. The Bertz CT molecular complexity index is 561. The van der Waals surface area contributed by atoms with E-state index in [1.165, 1.54) is 13.8 Å². The molecule has 0 spiro atoms. The van der Waals surface area contributed by atoms with E-state index in [0.717, 1.165) is 6.07 Å². The molecule has 0 saturated heterocycles. The molecular weight excluding hydrogens is 304 g/mol. The summed E-state index contributed by atoms with van der Waals surface area (Å²) in [6, 6.07) is 0.889. The average Bonchev–Trinajstić information content (AvgIpc) is 2.57. The SMILES string of the molecule is CC(C)(O)CNS(=O)(=O)c1cc([N+](=O)[O-])c(Cl)s1. The van der Waals surface area contributed by atoms with Crippen molar-refractivity contribution in [1.29, 1.82) is 0 Å². The van der Waals surface area contributed by atoms with Crippen LogP contribution in [0, 0.1) is 10.1 Å². The standard InChI is InChI=1S/C8H11ClN2O5S2/c1-8(2,12)4-10-18(15,16)6-3-5(11(13)14)7(9)17-6/h3,10,12H,4H2,1-2H3. The summed E-state index contributed by atoms with van der Waals surface area (Å²) >= 11 is 6.16. The average molecular weight is 315 g/mol. The van der Waals surface area contributed by atoms with Crippen LogP contribution in [-0.2, 0) is 10.0 Å². The molecule has 0 radical (unpaired) electrons. The number of hydrogen-bond donors (Lipinski definition) is 2. The molecule has 0 fully saturated rings. The van der Waals surface area contributed by atoms with Gasteiger partial charge in [-0.1, -0.05) is 11.6 Å². The molecule has 7 nitrogen and oxygen atoms in total. The summed E-state index contributed by atoms with van der Waals surface area (Å²) < 4.78 is 25.2. The number of halogens is 1. The molecule has 2 N–H and O–H groups in total. The Morgan fingerprint density at radius 1 is 1.61 bits per heavy atom. The zero-order valence-corrected chi connectivity index (χ0v) is 11.9. The van der Waals surface area contributed by atoms with Crippen molar-refractivity contribution in [1.82, 2.24) is 4.72 Å². The Hall–Kier alpha value is -0.740. The van der Waals surface area contributed by atoms with E-state index in [0.29, 0.717) is 11.3 Å². The third-order valence-electron chi connectivity index (χ3n) is 1.80. The van der Waals surface area contributed by atoms with Crippen molar-refractivity contribution in [3.63, 3.8) is 0 Å². The number of aliphatic hydroxyl groups is 1. The summed E-state index contributed by atoms with van der Waals surface area (Å²) in [5, 5.41) is 20.0. The van der Waals surface area contributed by atoms with Gasteiger partial charge < -0.3 is 5.11 Å². The first kappa shape index (κ1) is 15.3. The first-order valence-corrected chi connectivity index (χ1v) is 7.36. The smallest absolute Gasteiger partial charge is 0.300 e. The summed E-state index contributed by atoms with van der Waals surface area (Å²) in [4.78, 5) is 9.80. The lowest BCUT2D eigenvalue weighted by Gasteiger charge is -2.16. The highest BCUT2D eigenvalue weighted by molar-refractivity contribution is 7.91. The maximum absolute atomic E-state index is 11.8. The second kappa shape index (κ2) is 5.10. The molecule has 1 aromatic heterocycles. The van der Waals surface area contributed by atoms with E-state index in [1.807, 2.05) is 0 Å². The van der Waals surface area contributed by atoms with Crippen molar-refractivity contribution < 1.29 is 18.4 Å². The van der Waals surface area contributed by atoms with E-state index >= 15 is 0 Å². The maximum atomic E-state index is 11.8. The van der Waals surface area contributed by atoms with Gasteiger partial charge in [-0.2, -0.15) is 0 Å².